The van der Waals surface area contributed by atoms with Crippen LogP contribution in [0.5, 0.6) is 0 Å². The third-order valence-electron chi connectivity index (χ3n) is 4.05. The lowest BCUT2D eigenvalue weighted by molar-refractivity contribution is 0.142. The van der Waals surface area contributed by atoms with Crippen LogP contribution in [0, 0.1) is 0 Å². The number of aryl methyl sites for hydroxylation is 1. The zero-order valence-electron chi connectivity index (χ0n) is 16.5. The predicted molar refractivity (Wildman–Crippen MR) is 112 cm³/mol. The fourth-order valence-corrected chi connectivity index (χ4v) is 2.66. The third-order valence-corrected chi connectivity index (χ3v) is 4.05. The molecule has 0 saturated heterocycles. The zero-order chi connectivity index (χ0) is 20.3. The standard InChI is InChI=1S/C22H23N5O2/c1-17(26-28-2)19-13-7-9-18(25-19)10-8-16-29-27-22(20-11-3-5-14-23-20)21-12-4-6-15-24-21/h3-7,9,11-15H,8,10,16H2,1-2H3/b26-17+. The van der Waals surface area contributed by atoms with Gasteiger partial charge in [-0.2, -0.15) is 0 Å². The summed E-state index contributed by atoms with van der Waals surface area (Å²) in [6.45, 7) is 2.32. The van der Waals surface area contributed by atoms with Crippen LogP contribution in [0.25, 0.3) is 0 Å². The molecule has 0 N–H and O–H groups in total. The molecule has 3 heterocycles. The Labute approximate surface area is 170 Å². The van der Waals surface area contributed by atoms with Crippen LogP contribution in [-0.2, 0) is 16.1 Å². The molecule has 148 valence electrons. The van der Waals surface area contributed by atoms with Crippen LogP contribution in [0.2, 0.25) is 0 Å². The number of hydrogen-bond donors (Lipinski definition) is 0. The molecule has 0 aliphatic rings. The Kier molecular flexibility index (Phi) is 7.40. The SMILES string of the molecule is CO/N=C(\C)c1cccc(CCCON=C(c2ccccn2)c2ccccn2)n1. The molecule has 0 atom stereocenters. The molecule has 0 radical (unpaired) electrons. The van der Waals surface area contributed by atoms with Gasteiger partial charge in [-0.05, 0) is 56.2 Å². The van der Waals surface area contributed by atoms with Crippen LogP contribution >= 0.6 is 0 Å². The summed E-state index contributed by atoms with van der Waals surface area (Å²) in [6, 6.07) is 17.2. The van der Waals surface area contributed by atoms with Gasteiger partial charge >= 0.3 is 0 Å². The molecule has 3 rings (SSSR count). The summed E-state index contributed by atoms with van der Waals surface area (Å²) < 4.78 is 0. The number of rotatable bonds is 9. The van der Waals surface area contributed by atoms with Gasteiger partial charge in [-0.25, -0.2) is 0 Å². The van der Waals surface area contributed by atoms with Crippen molar-refractivity contribution in [1.82, 2.24) is 15.0 Å². The van der Waals surface area contributed by atoms with E-state index in [4.69, 9.17) is 9.68 Å². The van der Waals surface area contributed by atoms with E-state index in [2.05, 4.69) is 25.3 Å². The first kappa shape index (κ1) is 20.1. The second kappa shape index (κ2) is 10.7. The lowest BCUT2D eigenvalue weighted by Gasteiger charge is -2.06. The lowest BCUT2D eigenvalue weighted by atomic mass is 10.1. The van der Waals surface area contributed by atoms with Crippen LogP contribution in [0.3, 0.4) is 0 Å². The topological polar surface area (TPSA) is 81.9 Å². The van der Waals surface area contributed by atoms with Gasteiger partial charge < -0.3 is 9.68 Å². The second-order valence-electron chi connectivity index (χ2n) is 6.18. The van der Waals surface area contributed by atoms with E-state index >= 15 is 0 Å². The Morgan fingerprint density at radius 3 is 2.17 bits per heavy atom. The van der Waals surface area contributed by atoms with E-state index in [0.717, 1.165) is 29.9 Å². The number of pyridine rings is 3. The highest BCUT2D eigenvalue weighted by atomic mass is 16.6. The van der Waals surface area contributed by atoms with Gasteiger partial charge in [0, 0.05) is 18.1 Å². The van der Waals surface area contributed by atoms with Crippen molar-refractivity contribution in [3.05, 3.63) is 89.8 Å². The first-order chi connectivity index (χ1) is 14.3. The quantitative estimate of drug-likeness (QED) is 0.317. The van der Waals surface area contributed by atoms with Crippen LogP contribution in [0.15, 0.2) is 77.3 Å². The molecule has 7 heteroatoms. The summed E-state index contributed by atoms with van der Waals surface area (Å²) in [7, 11) is 1.52. The zero-order valence-corrected chi connectivity index (χ0v) is 16.5. The van der Waals surface area contributed by atoms with Crippen LogP contribution in [0.1, 0.15) is 36.1 Å². The van der Waals surface area contributed by atoms with Crippen molar-refractivity contribution >= 4 is 11.4 Å². The molecule has 0 aliphatic heterocycles. The highest BCUT2D eigenvalue weighted by Crippen LogP contribution is 2.08. The van der Waals surface area contributed by atoms with Crippen molar-refractivity contribution < 1.29 is 9.68 Å². The van der Waals surface area contributed by atoms with Crippen LogP contribution < -0.4 is 0 Å². The van der Waals surface area contributed by atoms with Gasteiger partial charge in [0.2, 0.25) is 0 Å². The molecule has 29 heavy (non-hydrogen) atoms. The average Bonchev–Trinajstić information content (AvgIpc) is 2.78. The van der Waals surface area contributed by atoms with E-state index in [1.165, 1.54) is 7.11 Å². The summed E-state index contributed by atoms with van der Waals surface area (Å²) in [5.74, 6) is 0. The summed E-state index contributed by atoms with van der Waals surface area (Å²) in [5.41, 5.74) is 4.55. The molecule has 7 nitrogen and oxygen atoms in total. The first-order valence-electron chi connectivity index (χ1n) is 9.35. The summed E-state index contributed by atoms with van der Waals surface area (Å²) in [4.78, 5) is 23.7. The Hall–Kier alpha value is -3.61. The minimum atomic E-state index is 0.459. The molecule has 0 saturated carbocycles. The van der Waals surface area contributed by atoms with Gasteiger partial charge in [-0.1, -0.05) is 28.5 Å². The van der Waals surface area contributed by atoms with Crippen molar-refractivity contribution in [3.8, 4) is 0 Å². The Morgan fingerprint density at radius 2 is 1.55 bits per heavy atom. The molecular weight excluding hydrogens is 366 g/mol. The summed E-state index contributed by atoms with van der Waals surface area (Å²) in [6.07, 6.45) is 4.99. The van der Waals surface area contributed by atoms with Gasteiger partial charge in [-0.3, -0.25) is 15.0 Å². The van der Waals surface area contributed by atoms with E-state index in [0.29, 0.717) is 23.7 Å². The molecular formula is C22H23N5O2. The highest BCUT2D eigenvalue weighted by molar-refractivity contribution is 6.10. The summed E-state index contributed by atoms with van der Waals surface area (Å²) >= 11 is 0. The van der Waals surface area contributed by atoms with E-state index in [9.17, 15) is 0 Å². The molecule has 0 bridgehead atoms. The third kappa shape index (κ3) is 5.93. The number of nitrogens with zero attached hydrogens (tertiary/aromatic N) is 5. The van der Waals surface area contributed by atoms with Gasteiger partial charge in [0.15, 0.2) is 5.71 Å². The molecule has 0 aromatic carbocycles. The van der Waals surface area contributed by atoms with Gasteiger partial charge in [-0.15, -0.1) is 0 Å². The minimum Gasteiger partial charge on any atom is -0.399 e. The maximum Gasteiger partial charge on any atom is 0.154 e. The maximum atomic E-state index is 5.58. The monoisotopic (exact) mass is 389 g/mol. The van der Waals surface area contributed by atoms with E-state index < -0.39 is 0 Å². The first-order valence-corrected chi connectivity index (χ1v) is 9.35. The smallest absolute Gasteiger partial charge is 0.154 e. The molecule has 0 amide bonds. The fourth-order valence-electron chi connectivity index (χ4n) is 2.66. The van der Waals surface area contributed by atoms with E-state index in [1.807, 2.05) is 61.5 Å². The number of oxime groups is 2. The Morgan fingerprint density at radius 1 is 0.862 bits per heavy atom. The van der Waals surface area contributed by atoms with E-state index in [-0.39, 0.29) is 0 Å². The number of aromatic nitrogens is 3. The molecule has 0 fully saturated rings. The predicted octanol–water partition coefficient (Wildman–Crippen LogP) is 3.64. The molecule has 0 aliphatic carbocycles. The van der Waals surface area contributed by atoms with Crippen molar-refractivity contribution in [2.75, 3.05) is 13.7 Å². The van der Waals surface area contributed by atoms with Crippen LogP contribution in [-0.4, -0.2) is 40.1 Å². The molecule has 0 unspecified atom stereocenters. The molecule has 3 aromatic rings. The minimum absolute atomic E-state index is 0.459. The van der Waals surface area contributed by atoms with Gasteiger partial charge in [0.1, 0.15) is 19.4 Å². The van der Waals surface area contributed by atoms with Gasteiger partial charge in [0.25, 0.3) is 0 Å². The van der Waals surface area contributed by atoms with Crippen molar-refractivity contribution in [2.24, 2.45) is 10.3 Å². The fraction of sp³-hybridized carbons (Fsp3) is 0.227. The van der Waals surface area contributed by atoms with Crippen molar-refractivity contribution in [2.45, 2.75) is 19.8 Å². The largest absolute Gasteiger partial charge is 0.399 e. The Bertz CT molecular complexity index is 918. The maximum absolute atomic E-state index is 5.58. The van der Waals surface area contributed by atoms with Crippen molar-refractivity contribution in [1.29, 1.82) is 0 Å². The Balaban J connectivity index is 1.61. The lowest BCUT2D eigenvalue weighted by Crippen LogP contribution is -2.09. The highest BCUT2D eigenvalue weighted by Gasteiger charge is 2.10. The summed E-state index contributed by atoms with van der Waals surface area (Å²) in [5, 5.41) is 8.22. The molecule has 3 aromatic heterocycles. The van der Waals surface area contributed by atoms with E-state index in [1.54, 1.807) is 12.4 Å². The van der Waals surface area contributed by atoms with Gasteiger partial charge in [0.05, 0.1) is 17.1 Å². The molecule has 0 spiro atoms. The van der Waals surface area contributed by atoms with Crippen LogP contribution in [0.4, 0.5) is 0 Å². The average molecular weight is 389 g/mol. The second-order valence-corrected chi connectivity index (χ2v) is 6.18. The van der Waals surface area contributed by atoms with Crippen molar-refractivity contribution in [3.63, 3.8) is 0 Å². The normalized spacial score (nSPS) is 11.0. The number of hydrogen-bond acceptors (Lipinski definition) is 7.